The van der Waals surface area contributed by atoms with Gasteiger partial charge in [0, 0.05) is 18.3 Å². The van der Waals surface area contributed by atoms with E-state index in [0.29, 0.717) is 0 Å². The van der Waals surface area contributed by atoms with Crippen LogP contribution in [-0.2, 0) is 6.42 Å². The van der Waals surface area contributed by atoms with Crippen LogP contribution in [0.4, 0.5) is 0 Å². The van der Waals surface area contributed by atoms with E-state index in [9.17, 15) is 0 Å². The fourth-order valence-electron chi connectivity index (χ4n) is 1.92. The molecule has 1 rings (SSSR count). The maximum absolute atomic E-state index is 6.28. The van der Waals surface area contributed by atoms with Crippen LogP contribution in [0, 0.1) is 0 Å². The number of nitrogens with one attached hydrogen (secondary N) is 1. The molecule has 0 fully saturated rings. The Morgan fingerprint density at radius 2 is 2.07 bits per heavy atom. The second kappa shape index (κ2) is 4.62. The van der Waals surface area contributed by atoms with E-state index in [1.54, 1.807) is 0 Å². The van der Waals surface area contributed by atoms with Gasteiger partial charge in [-0.25, -0.2) is 0 Å². The Labute approximate surface area is 86.3 Å². The summed E-state index contributed by atoms with van der Waals surface area (Å²) in [6.45, 7) is 8.35. The quantitative estimate of drug-likeness (QED) is 0.701. The maximum atomic E-state index is 6.28. The van der Waals surface area contributed by atoms with Gasteiger partial charge < -0.3 is 10.7 Å². The fourth-order valence-corrected chi connectivity index (χ4v) is 1.92. The molecule has 0 spiro atoms. The summed E-state index contributed by atoms with van der Waals surface area (Å²) in [7, 11) is 0. The lowest BCUT2D eigenvalue weighted by Gasteiger charge is -2.36. The highest BCUT2D eigenvalue weighted by Gasteiger charge is 2.25. The average molecular weight is 195 g/mol. The van der Waals surface area contributed by atoms with Crippen molar-refractivity contribution in [2.45, 2.75) is 32.9 Å². The van der Waals surface area contributed by atoms with Crippen LogP contribution in [0.15, 0.2) is 18.3 Å². The average Bonchev–Trinajstić information content (AvgIpc) is 2.57. The summed E-state index contributed by atoms with van der Waals surface area (Å²) in [6.07, 6.45) is 2.80. The van der Waals surface area contributed by atoms with Crippen molar-refractivity contribution in [2.75, 3.05) is 13.1 Å². The van der Waals surface area contributed by atoms with Gasteiger partial charge in [0.25, 0.3) is 0 Å². The van der Waals surface area contributed by atoms with Crippen LogP contribution < -0.4 is 5.73 Å². The summed E-state index contributed by atoms with van der Waals surface area (Å²) < 4.78 is 0. The van der Waals surface area contributed by atoms with Crippen molar-refractivity contribution < 1.29 is 0 Å². The maximum Gasteiger partial charge on any atom is 0.0713 e. The minimum atomic E-state index is -0.256. The summed E-state index contributed by atoms with van der Waals surface area (Å²) in [5, 5.41) is 0. The van der Waals surface area contributed by atoms with Crippen molar-refractivity contribution in [1.29, 1.82) is 0 Å². The predicted octanol–water partition coefficient (Wildman–Crippen LogP) is 1.57. The molecule has 1 aromatic rings. The Morgan fingerprint density at radius 3 is 2.50 bits per heavy atom. The minimum absolute atomic E-state index is 0.256. The van der Waals surface area contributed by atoms with Gasteiger partial charge in [-0.2, -0.15) is 0 Å². The largest absolute Gasteiger partial charge is 0.365 e. The van der Waals surface area contributed by atoms with Crippen LogP contribution in [0.2, 0.25) is 0 Å². The monoisotopic (exact) mass is 195 g/mol. The third-order valence-corrected chi connectivity index (χ3v) is 2.70. The van der Waals surface area contributed by atoms with Crippen LogP contribution in [0.25, 0.3) is 0 Å². The lowest BCUT2D eigenvalue weighted by Crippen LogP contribution is -2.55. The molecule has 0 aliphatic carbocycles. The molecule has 0 aliphatic rings. The van der Waals surface area contributed by atoms with Crippen LogP contribution in [0.3, 0.4) is 0 Å². The first-order valence-electron chi connectivity index (χ1n) is 5.26. The van der Waals surface area contributed by atoms with Gasteiger partial charge in [0.2, 0.25) is 0 Å². The van der Waals surface area contributed by atoms with Crippen molar-refractivity contribution in [1.82, 2.24) is 9.88 Å². The molecule has 3 N–H and O–H groups in total. The number of aromatic amines is 1. The summed E-state index contributed by atoms with van der Waals surface area (Å²) >= 11 is 0. The van der Waals surface area contributed by atoms with Crippen LogP contribution in [0.1, 0.15) is 26.5 Å². The van der Waals surface area contributed by atoms with Gasteiger partial charge in [-0.05, 0) is 32.1 Å². The molecule has 14 heavy (non-hydrogen) atoms. The molecule has 1 aromatic heterocycles. The van der Waals surface area contributed by atoms with E-state index < -0.39 is 0 Å². The molecule has 0 amide bonds. The molecule has 0 bridgehead atoms. The van der Waals surface area contributed by atoms with Gasteiger partial charge in [-0.3, -0.25) is 4.90 Å². The Balaban J connectivity index is 2.65. The number of likely N-dealkylation sites (N-methyl/N-ethyl adjacent to an activating group) is 1. The molecule has 1 atom stereocenters. The minimum Gasteiger partial charge on any atom is -0.365 e. The molecule has 0 aliphatic heterocycles. The topological polar surface area (TPSA) is 45.0 Å². The van der Waals surface area contributed by atoms with Gasteiger partial charge in [-0.1, -0.05) is 13.8 Å². The Morgan fingerprint density at radius 1 is 1.43 bits per heavy atom. The third kappa shape index (κ3) is 2.59. The summed E-state index contributed by atoms with van der Waals surface area (Å²) in [4.78, 5) is 5.46. The van der Waals surface area contributed by atoms with E-state index in [2.05, 4.69) is 36.7 Å². The highest BCUT2D eigenvalue weighted by atomic mass is 15.3. The lowest BCUT2D eigenvalue weighted by atomic mass is 10.1. The number of hydrogen-bond acceptors (Lipinski definition) is 2. The van der Waals surface area contributed by atoms with Gasteiger partial charge in [-0.15, -0.1) is 0 Å². The Bertz CT molecular complexity index is 248. The molecule has 0 radical (unpaired) electrons. The zero-order chi connectivity index (χ0) is 10.6. The van der Waals surface area contributed by atoms with Crippen molar-refractivity contribution in [3.63, 3.8) is 0 Å². The fraction of sp³-hybridized carbons (Fsp3) is 0.636. The van der Waals surface area contributed by atoms with Crippen LogP contribution in [0.5, 0.6) is 0 Å². The zero-order valence-electron chi connectivity index (χ0n) is 9.38. The van der Waals surface area contributed by atoms with Crippen molar-refractivity contribution in [2.24, 2.45) is 5.73 Å². The summed E-state index contributed by atoms with van der Waals surface area (Å²) in [5.41, 5.74) is 7.22. The van der Waals surface area contributed by atoms with Gasteiger partial charge in [0.1, 0.15) is 0 Å². The number of nitrogens with two attached hydrogens (primary N) is 1. The normalized spacial score (nSPS) is 15.8. The predicted molar refractivity (Wildman–Crippen MR) is 60.0 cm³/mol. The van der Waals surface area contributed by atoms with Gasteiger partial charge in [0.05, 0.1) is 5.66 Å². The molecule has 1 heterocycles. The van der Waals surface area contributed by atoms with E-state index in [1.807, 2.05) is 12.3 Å². The van der Waals surface area contributed by atoms with Crippen molar-refractivity contribution >= 4 is 0 Å². The van der Waals surface area contributed by atoms with E-state index >= 15 is 0 Å². The first-order chi connectivity index (χ1) is 6.60. The molecular formula is C11H21N3. The van der Waals surface area contributed by atoms with E-state index in [-0.39, 0.29) is 5.66 Å². The smallest absolute Gasteiger partial charge is 0.0713 e. The molecule has 1 unspecified atom stereocenters. The molecule has 3 heteroatoms. The number of nitrogens with zero attached hydrogens (tertiary/aromatic N) is 1. The van der Waals surface area contributed by atoms with E-state index in [4.69, 9.17) is 5.73 Å². The molecule has 0 saturated heterocycles. The zero-order valence-corrected chi connectivity index (χ0v) is 9.38. The third-order valence-electron chi connectivity index (χ3n) is 2.70. The van der Waals surface area contributed by atoms with Crippen LogP contribution in [-0.4, -0.2) is 28.6 Å². The first-order valence-corrected chi connectivity index (χ1v) is 5.26. The standard InChI is InChI=1S/C11H21N3/c1-4-14(5-2)11(3,12)9-10-7-6-8-13-10/h6-8,13H,4-5,9,12H2,1-3H3. The number of rotatable bonds is 5. The van der Waals surface area contributed by atoms with E-state index in [1.165, 1.54) is 5.69 Å². The second-order valence-electron chi connectivity index (χ2n) is 3.90. The van der Waals surface area contributed by atoms with E-state index in [0.717, 1.165) is 19.5 Å². The Kier molecular flexibility index (Phi) is 3.72. The van der Waals surface area contributed by atoms with Crippen LogP contribution >= 0.6 is 0 Å². The second-order valence-corrected chi connectivity index (χ2v) is 3.90. The van der Waals surface area contributed by atoms with Crippen molar-refractivity contribution in [3.05, 3.63) is 24.0 Å². The number of H-pyrrole nitrogens is 1. The number of aromatic nitrogens is 1. The molecule has 80 valence electrons. The van der Waals surface area contributed by atoms with Crippen molar-refractivity contribution in [3.8, 4) is 0 Å². The first kappa shape index (κ1) is 11.3. The molecular weight excluding hydrogens is 174 g/mol. The van der Waals surface area contributed by atoms with Gasteiger partial charge in [0.15, 0.2) is 0 Å². The highest BCUT2D eigenvalue weighted by molar-refractivity contribution is 5.07. The molecule has 0 saturated carbocycles. The summed E-state index contributed by atoms with van der Waals surface area (Å²) in [5.74, 6) is 0. The SMILES string of the molecule is CCN(CC)C(C)(N)Cc1ccc[nH]1. The lowest BCUT2D eigenvalue weighted by molar-refractivity contribution is 0.122. The highest BCUT2D eigenvalue weighted by Crippen LogP contribution is 2.13. The molecule has 0 aromatic carbocycles. The molecule has 3 nitrogen and oxygen atoms in total. The van der Waals surface area contributed by atoms with Gasteiger partial charge >= 0.3 is 0 Å². The number of hydrogen-bond donors (Lipinski definition) is 2. The summed E-state index contributed by atoms with van der Waals surface area (Å²) in [6, 6.07) is 4.09. The Hall–Kier alpha value is -0.800.